The second-order valence-electron chi connectivity index (χ2n) is 10.5. The van der Waals surface area contributed by atoms with Gasteiger partial charge in [0.2, 0.25) is 5.91 Å². The Kier molecular flexibility index (Phi) is 9.69. The van der Waals surface area contributed by atoms with E-state index >= 15 is 0 Å². The summed E-state index contributed by atoms with van der Waals surface area (Å²) in [6.45, 7) is 1.82. The van der Waals surface area contributed by atoms with Crippen LogP contribution in [0.25, 0.3) is 0 Å². The molecule has 4 aromatic rings. The fourth-order valence-electron chi connectivity index (χ4n) is 5.21. The number of nitrogens with zero attached hydrogens (tertiary/aromatic N) is 3. The lowest BCUT2D eigenvalue weighted by Gasteiger charge is -2.34. The van der Waals surface area contributed by atoms with E-state index in [0.717, 1.165) is 29.5 Å². The number of hydrogen-bond donors (Lipinski definition) is 0. The maximum Gasteiger partial charge on any atom is 0.270 e. The van der Waals surface area contributed by atoms with Gasteiger partial charge in [0.05, 0.1) is 15.5 Å². The Bertz CT molecular complexity index is 1560. The van der Waals surface area contributed by atoms with Crippen LogP contribution in [0.5, 0.6) is 5.75 Å². The maximum atomic E-state index is 14.2. The molecule has 0 spiro atoms. The van der Waals surface area contributed by atoms with Crippen LogP contribution in [-0.2, 0) is 24.4 Å². The Labute approximate surface area is 255 Å². The average molecular weight is 598 g/mol. The normalized spacial score (nSPS) is 13.4. The van der Waals surface area contributed by atoms with Crippen molar-refractivity contribution in [3.63, 3.8) is 0 Å². The molecule has 1 aliphatic heterocycles. The Morgan fingerprint density at radius 3 is 2.09 bits per heavy atom. The second kappa shape index (κ2) is 14.0. The first-order chi connectivity index (χ1) is 20.9. The van der Waals surface area contributed by atoms with Gasteiger partial charge in [-0.1, -0.05) is 84.4 Å². The highest BCUT2D eigenvalue weighted by molar-refractivity contribution is 6.34. The minimum atomic E-state index is -0.812. The van der Waals surface area contributed by atoms with Crippen LogP contribution in [0.2, 0.25) is 5.02 Å². The van der Waals surface area contributed by atoms with Crippen molar-refractivity contribution in [2.45, 2.75) is 38.5 Å². The molecule has 0 aliphatic carbocycles. The number of non-ortho nitro benzene ring substituents is 1. The lowest BCUT2D eigenvalue weighted by atomic mass is 10.0. The molecule has 0 N–H and O–H groups in total. The molecule has 8 nitrogen and oxygen atoms in total. The van der Waals surface area contributed by atoms with E-state index in [0.29, 0.717) is 31.9 Å². The van der Waals surface area contributed by atoms with E-state index in [2.05, 4.69) is 0 Å². The van der Waals surface area contributed by atoms with Gasteiger partial charge in [-0.3, -0.25) is 19.7 Å². The van der Waals surface area contributed by atoms with Crippen molar-refractivity contribution in [3.05, 3.63) is 141 Å². The average Bonchev–Trinajstić information content (AvgIpc) is 3.58. The van der Waals surface area contributed by atoms with Gasteiger partial charge in [0.1, 0.15) is 18.4 Å². The van der Waals surface area contributed by atoms with E-state index in [1.165, 1.54) is 18.2 Å². The summed E-state index contributed by atoms with van der Waals surface area (Å²) in [5.41, 5.74) is 2.64. The molecule has 0 saturated carbocycles. The molecular weight excluding hydrogens is 566 g/mol. The molecule has 4 aromatic carbocycles. The Morgan fingerprint density at radius 2 is 1.49 bits per heavy atom. The summed E-state index contributed by atoms with van der Waals surface area (Å²) < 4.78 is 5.93. The van der Waals surface area contributed by atoms with Crippen molar-refractivity contribution in [2.75, 3.05) is 13.1 Å². The van der Waals surface area contributed by atoms with Gasteiger partial charge in [-0.25, -0.2) is 0 Å². The number of rotatable bonds is 11. The van der Waals surface area contributed by atoms with E-state index in [-0.39, 0.29) is 28.7 Å². The molecule has 1 heterocycles. The highest BCUT2D eigenvalue weighted by Gasteiger charge is 2.35. The molecule has 1 aliphatic rings. The van der Waals surface area contributed by atoms with E-state index in [4.69, 9.17) is 16.3 Å². The third kappa shape index (κ3) is 7.59. The summed E-state index contributed by atoms with van der Waals surface area (Å²) in [6, 6.07) is 29.8. The number of benzene rings is 4. The van der Waals surface area contributed by atoms with E-state index in [1.54, 1.807) is 4.90 Å². The monoisotopic (exact) mass is 597 g/mol. The van der Waals surface area contributed by atoms with Gasteiger partial charge in [0.15, 0.2) is 0 Å². The number of nitro groups is 1. The van der Waals surface area contributed by atoms with Gasteiger partial charge in [-0.05, 0) is 47.7 Å². The van der Waals surface area contributed by atoms with E-state index in [9.17, 15) is 19.7 Å². The van der Waals surface area contributed by atoms with Crippen molar-refractivity contribution >= 4 is 29.1 Å². The maximum absolute atomic E-state index is 14.2. The smallest absolute Gasteiger partial charge is 0.270 e. The minimum absolute atomic E-state index is 0.0408. The molecule has 5 rings (SSSR count). The van der Waals surface area contributed by atoms with Gasteiger partial charge >= 0.3 is 0 Å². The SMILES string of the molecule is O=C(C(Cc1ccccc1)N(Cc1ccc(OCc2ccccc2)cc1)C(=O)c1ccc([N+](=O)[O-])cc1Cl)N1CCCC1. The predicted molar refractivity (Wildman–Crippen MR) is 165 cm³/mol. The first-order valence-corrected chi connectivity index (χ1v) is 14.6. The number of amides is 2. The van der Waals surface area contributed by atoms with Crippen molar-refractivity contribution in [2.24, 2.45) is 0 Å². The fraction of sp³-hybridized carbons (Fsp3) is 0.235. The Hall–Kier alpha value is -4.69. The van der Waals surface area contributed by atoms with Crippen LogP contribution in [-0.4, -0.2) is 45.7 Å². The molecule has 9 heteroatoms. The van der Waals surface area contributed by atoms with Crippen LogP contribution in [0.15, 0.2) is 103 Å². The van der Waals surface area contributed by atoms with Crippen LogP contribution in [0.4, 0.5) is 5.69 Å². The zero-order valence-corrected chi connectivity index (χ0v) is 24.4. The largest absolute Gasteiger partial charge is 0.489 e. The molecule has 1 atom stereocenters. The quantitative estimate of drug-likeness (QED) is 0.142. The summed E-state index contributed by atoms with van der Waals surface area (Å²) in [4.78, 5) is 42.3. The number of likely N-dealkylation sites (tertiary alicyclic amines) is 1. The third-order valence-electron chi connectivity index (χ3n) is 7.53. The highest BCUT2D eigenvalue weighted by Crippen LogP contribution is 2.27. The lowest BCUT2D eigenvalue weighted by Crippen LogP contribution is -2.51. The van der Waals surface area contributed by atoms with Crippen LogP contribution >= 0.6 is 11.6 Å². The van der Waals surface area contributed by atoms with Crippen LogP contribution in [0, 0.1) is 10.1 Å². The second-order valence-corrected chi connectivity index (χ2v) is 10.9. The topological polar surface area (TPSA) is 93.0 Å². The number of hydrogen-bond acceptors (Lipinski definition) is 5. The summed E-state index contributed by atoms with van der Waals surface area (Å²) in [6.07, 6.45) is 2.14. The van der Waals surface area contributed by atoms with Gasteiger partial charge in [0, 0.05) is 38.2 Å². The Balaban J connectivity index is 1.46. The molecule has 43 heavy (non-hydrogen) atoms. The third-order valence-corrected chi connectivity index (χ3v) is 7.84. The molecular formula is C34H32ClN3O5. The molecule has 2 amide bonds. The predicted octanol–water partition coefficient (Wildman–Crippen LogP) is 6.70. The highest BCUT2D eigenvalue weighted by atomic mass is 35.5. The van der Waals surface area contributed by atoms with Gasteiger partial charge in [-0.15, -0.1) is 0 Å². The Morgan fingerprint density at radius 1 is 0.860 bits per heavy atom. The first-order valence-electron chi connectivity index (χ1n) is 14.2. The van der Waals surface area contributed by atoms with Crippen LogP contribution < -0.4 is 4.74 Å². The zero-order valence-electron chi connectivity index (χ0n) is 23.6. The standard InChI is InChI=1S/C34H32ClN3O5/c35-31-22-28(38(41)42)15-18-30(31)33(39)37(23-26-13-16-29(17-14-26)43-24-27-11-5-2-6-12-27)32(21-25-9-3-1-4-10-25)34(40)36-19-7-8-20-36/h1-6,9-18,22,32H,7-8,19-21,23-24H2. The van der Waals surface area contributed by atoms with Crippen LogP contribution in [0.1, 0.15) is 39.9 Å². The summed E-state index contributed by atoms with van der Waals surface area (Å²) in [7, 11) is 0. The van der Waals surface area contributed by atoms with E-state index in [1.807, 2.05) is 89.8 Å². The number of ether oxygens (including phenoxy) is 1. The van der Waals surface area contributed by atoms with Crippen molar-refractivity contribution < 1.29 is 19.2 Å². The minimum Gasteiger partial charge on any atom is -0.489 e. The number of halogens is 1. The fourth-order valence-corrected chi connectivity index (χ4v) is 5.47. The zero-order chi connectivity index (χ0) is 30.2. The van der Waals surface area contributed by atoms with Crippen molar-refractivity contribution in [1.29, 1.82) is 0 Å². The molecule has 1 unspecified atom stereocenters. The molecule has 1 saturated heterocycles. The first kappa shape index (κ1) is 29.8. The van der Waals surface area contributed by atoms with Gasteiger partial charge in [0.25, 0.3) is 11.6 Å². The summed E-state index contributed by atoms with van der Waals surface area (Å²) in [5, 5.41) is 11.3. The lowest BCUT2D eigenvalue weighted by molar-refractivity contribution is -0.384. The summed E-state index contributed by atoms with van der Waals surface area (Å²) >= 11 is 6.43. The molecule has 0 bridgehead atoms. The van der Waals surface area contributed by atoms with E-state index < -0.39 is 16.9 Å². The molecule has 220 valence electrons. The molecule has 0 aromatic heterocycles. The van der Waals surface area contributed by atoms with Crippen molar-refractivity contribution in [1.82, 2.24) is 9.80 Å². The van der Waals surface area contributed by atoms with Gasteiger partial charge in [-0.2, -0.15) is 0 Å². The number of carbonyl (C=O) groups is 2. The van der Waals surface area contributed by atoms with Crippen LogP contribution in [0.3, 0.4) is 0 Å². The summed E-state index contributed by atoms with van der Waals surface area (Å²) in [5.74, 6) is 0.0752. The number of nitro benzene ring substituents is 1. The molecule has 0 radical (unpaired) electrons. The number of carbonyl (C=O) groups excluding carboxylic acids is 2. The van der Waals surface area contributed by atoms with Crippen molar-refractivity contribution in [3.8, 4) is 5.75 Å². The molecule has 1 fully saturated rings. The van der Waals surface area contributed by atoms with Gasteiger partial charge < -0.3 is 14.5 Å².